The van der Waals surface area contributed by atoms with Crippen LogP contribution in [0.4, 0.5) is 11.4 Å². The van der Waals surface area contributed by atoms with Crippen molar-refractivity contribution in [1.29, 1.82) is 0 Å². The van der Waals surface area contributed by atoms with Crippen molar-refractivity contribution in [2.45, 2.75) is 0 Å². The van der Waals surface area contributed by atoms with Gasteiger partial charge in [0.25, 0.3) is 0 Å². The fourth-order valence-electron chi connectivity index (χ4n) is 6.59. The third kappa shape index (κ3) is 4.14. The van der Waals surface area contributed by atoms with Crippen LogP contribution in [0.3, 0.4) is 0 Å². The average Bonchev–Trinajstić information content (AvgIpc) is 3.57. The first-order valence-corrected chi connectivity index (χ1v) is 14.8. The van der Waals surface area contributed by atoms with E-state index in [4.69, 9.17) is 0 Å². The van der Waals surface area contributed by atoms with Gasteiger partial charge in [-0.2, -0.15) is 0 Å². The van der Waals surface area contributed by atoms with Crippen LogP contribution in [0.15, 0.2) is 146 Å². The van der Waals surface area contributed by atoms with Crippen molar-refractivity contribution in [3.8, 4) is 11.4 Å². The van der Waals surface area contributed by atoms with Gasteiger partial charge in [-0.1, -0.05) is 72.8 Å². The molecule has 0 amide bonds. The molecule has 0 fully saturated rings. The molecule has 2 aromatic heterocycles. The fourth-order valence-corrected chi connectivity index (χ4v) is 6.59. The minimum absolute atomic E-state index is 0.756. The summed E-state index contributed by atoms with van der Waals surface area (Å²) in [6.45, 7) is 0.756. The smallest absolute Gasteiger partial charge is 0.0896 e. The molecule has 0 N–H and O–H groups in total. The maximum Gasteiger partial charge on any atom is 0.0896 e. The molecule has 8 rings (SSSR count). The molecule has 0 atom stereocenters. The van der Waals surface area contributed by atoms with Gasteiger partial charge in [0.2, 0.25) is 0 Å². The molecule has 0 saturated carbocycles. The second-order valence-electron chi connectivity index (χ2n) is 11.3. The molecule has 4 nitrogen and oxygen atoms in total. The molecule has 2 heterocycles. The lowest BCUT2D eigenvalue weighted by molar-refractivity contribution is 0.856. The summed E-state index contributed by atoms with van der Waals surface area (Å²) in [7, 11) is 4.35. The summed E-state index contributed by atoms with van der Waals surface area (Å²) in [6.07, 6.45) is 0. The van der Waals surface area contributed by atoms with Crippen molar-refractivity contribution in [3.05, 3.63) is 146 Å². The number of aromatic nitrogens is 2. The van der Waals surface area contributed by atoms with Crippen LogP contribution in [0, 0.1) is 0 Å². The Labute approximate surface area is 251 Å². The highest BCUT2D eigenvalue weighted by molar-refractivity contribution is 6.11. The van der Waals surface area contributed by atoms with Gasteiger partial charge >= 0.3 is 0 Å². The molecule has 0 bridgehead atoms. The Bertz CT molecular complexity index is 2080. The normalized spacial score (nSPS) is 11.6. The Kier molecular flexibility index (Phi) is 5.93. The number of nitrogens with zero attached hydrogens (tertiary/aromatic N) is 4. The zero-order valence-electron chi connectivity index (χ0n) is 24.4. The Morgan fingerprint density at radius 3 is 1.21 bits per heavy atom. The van der Waals surface area contributed by atoms with E-state index in [9.17, 15) is 0 Å². The van der Waals surface area contributed by atoms with Gasteiger partial charge in [-0.05, 0) is 72.8 Å². The Hall–Kier alpha value is -5.48. The van der Waals surface area contributed by atoms with Gasteiger partial charge in [-0.3, -0.25) is 0 Å². The topological polar surface area (TPSA) is 16.3 Å². The molecule has 0 aliphatic rings. The molecule has 208 valence electrons. The first kappa shape index (κ1) is 25.2. The van der Waals surface area contributed by atoms with Gasteiger partial charge in [0, 0.05) is 58.4 Å². The molecule has 0 radical (unpaired) electrons. The molecule has 0 saturated heterocycles. The van der Waals surface area contributed by atoms with Crippen molar-refractivity contribution in [3.63, 3.8) is 0 Å². The second-order valence-corrected chi connectivity index (χ2v) is 11.3. The molecular formula is C39H32N4. The summed E-state index contributed by atoms with van der Waals surface area (Å²) < 4.78 is 4.73. The number of rotatable bonds is 6. The number of anilines is 2. The second kappa shape index (κ2) is 10.1. The number of para-hydroxylation sites is 4. The molecule has 43 heavy (non-hydrogen) atoms. The van der Waals surface area contributed by atoms with Crippen LogP contribution >= 0.6 is 0 Å². The third-order valence-corrected chi connectivity index (χ3v) is 8.65. The van der Waals surface area contributed by atoms with Crippen LogP contribution in [0.5, 0.6) is 0 Å². The summed E-state index contributed by atoms with van der Waals surface area (Å²) >= 11 is 0. The number of hydrogen-bond acceptors (Lipinski definition) is 2. The monoisotopic (exact) mass is 556 g/mol. The van der Waals surface area contributed by atoms with Gasteiger partial charge in [-0.25, -0.2) is 0 Å². The summed E-state index contributed by atoms with van der Waals surface area (Å²) in [5, 5.41) is 5.07. The lowest BCUT2D eigenvalue weighted by Crippen LogP contribution is -2.32. The molecule has 0 spiro atoms. The van der Waals surface area contributed by atoms with Gasteiger partial charge in [0.05, 0.1) is 28.7 Å². The minimum Gasteiger partial charge on any atom is -0.357 e. The maximum atomic E-state index is 2.36. The largest absolute Gasteiger partial charge is 0.357 e. The van der Waals surface area contributed by atoms with E-state index in [-0.39, 0.29) is 0 Å². The highest BCUT2D eigenvalue weighted by Crippen LogP contribution is 2.36. The van der Waals surface area contributed by atoms with E-state index >= 15 is 0 Å². The average molecular weight is 557 g/mol. The van der Waals surface area contributed by atoms with E-state index in [1.54, 1.807) is 0 Å². The molecule has 0 aliphatic heterocycles. The van der Waals surface area contributed by atoms with E-state index in [1.165, 1.54) is 66.4 Å². The zero-order chi connectivity index (χ0) is 28.9. The van der Waals surface area contributed by atoms with E-state index in [2.05, 4.69) is 179 Å². The predicted octanol–water partition coefficient (Wildman–Crippen LogP) is 9.41. The van der Waals surface area contributed by atoms with E-state index in [0.29, 0.717) is 0 Å². The summed E-state index contributed by atoms with van der Waals surface area (Å²) in [6, 6.07) is 52.3. The Balaban J connectivity index is 1.15. The van der Waals surface area contributed by atoms with Gasteiger partial charge in [0.1, 0.15) is 0 Å². The highest BCUT2D eigenvalue weighted by Gasteiger charge is 2.16. The highest BCUT2D eigenvalue weighted by atomic mass is 15.3. The number of benzene rings is 6. The Morgan fingerprint density at radius 1 is 0.395 bits per heavy atom. The van der Waals surface area contributed by atoms with E-state index < -0.39 is 0 Å². The Morgan fingerprint density at radius 2 is 0.767 bits per heavy atom. The molecule has 0 aliphatic carbocycles. The van der Waals surface area contributed by atoms with Crippen molar-refractivity contribution < 1.29 is 0 Å². The standard InChI is InChI=1S/C39H32N4/c1-40(30-21-23-38-34(25-30)32-17-9-11-19-36(32)42(38)28-13-5-3-6-14-28)27-41(2)31-22-24-39-35(26-31)33-18-10-12-20-37(33)43(39)29-15-7-4-8-16-29/h3-26H,27H2,1-2H3. The third-order valence-electron chi connectivity index (χ3n) is 8.65. The van der Waals surface area contributed by atoms with Gasteiger partial charge in [-0.15, -0.1) is 0 Å². The predicted molar refractivity (Wildman–Crippen MR) is 183 cm³/mol. The number of fused-ring (bicyclic) bond motifs is 6. The fraction of sp³-hybridized carbons (Fsp3) is 0.0769. The van der Waals surface area contributed by atoms with Crippen LogP contribution in [-0.4, -0.2) is 29.9 Å². The summed E-state index contributed by atoms with van der Waals surface area (Å²) in [5.41, 5.74) is 9.63. The van der Waals surface area contributed by atoms with Gasteiger partial charge in [0.15, 0.2) is 0 Å². The minimum atomic E-state index is 0.756. The van der Waals surface area contributed by atoms with Gasteiger partial charge < -0.3 is 18.9 Å². The SMILES string of the molecule is CN(CN(C)c1ccc2c(c1)c1ccccc1n2-c1ccccc1)c1ccc2c(c1)c1ccccc1n2-c1ccccc1. The van der Waals surface area contributed by atoms with Crippen molar-refractivity contribution >= 4 is 55.0 Å². The van der Waals surface area contributed by atoms with Crippen molar-refractivity contribution in [2.24, 2.45) is 0 Å². The van der Waals surface area contributed by atoms with Crippen LogP contribution in [-0.2, 0) is 0 Å². The number of hydrogen-bond donors (Lipinski definition) is 0. The molecule has 0 unspecified atom stereocenters. The quantitative estimate of drug-likeness (QED) is 0.190. The van der Waals surface area contributed by atoms with Crippen LogP contribution in [0.2, 0.25) is 0 Å². The van der Waals surface area contributed by atoms with Crippen molar-refractivity contribution in [2.75, 3.05) is 30.6 Å². The summed E-state index contributed by atoms with van der Waals surface area (Å²) in [4.78, 5) is 4.65. The van der Waals surface area contributed by atoms with E-state index in [1.807, 2.05) is 0 Å². The van der Waals surface area contributed by atoms with Crippen LogP contribution in [0.25, 0.3) is 55.0 Å². The first-order valence-electron chi connectivity index (χ1n) is 14.8. The molecule has 8 aromatic rings. The van der Waals surface area contributed by atoms with Crippen LogP contribution < -0.4 is 9.80 Å². The van der Waals surface area contributed by atoms with Crippen molar-refractivity contribution in [1.82, 2.24) is 9.13 Å². The molecular weight excluding hydrogens is 524 g/mol. The lowest BCUT2D eigenvalue weighted by Gasteiger charge is -2.28. The van der Waals surface area contributed by atoms with Crippen LogP contribution in [0.1, 0.15) is 0 Å². The first-order chi connectivity index (χ1) is 21.2. The lowest BCUT2D eigenvalue weighted by atomic mass is 10.1. The maximum absolute atomic E-state index is 2.36. The summed E-state index contributed by atoms with van der Waals surface area (Å²) in [5.74, 6) is 0. The van der Waals surface area contributed by atoms with E-state index in [0.717, 1.165) is 6.67 Å². The zero-order valence-corrected chi connectivity index (χ0v) is 24.4. The molecule has 6 aromatic carbocycles. The molecule has 4 heteroatoms.